The molecule has 1 saturated heterocycles. The Morgan fingerprint density at radius 1 is 0.969 bits per heavy atom. The first kappa shape index (κ1) is 24.5. The molecule has 1 aliphatic rings. The van der Waals surface area contributed by atoms with Crippen LogP contribution in [-0.2, 0) is 6.42 Å². The molecule has 1 heterocycles. The molecule has 0 atom stereocenters. The summed E-state index contributed by atoms with van der Waals surface area (Å²) in [6.45, 7) is 5.40. The van der Waals surface area contributed by atoms with Crippen LogP contribution in [0.15, 0.2) is 59.6 Å². The molecule has 0 radical (unpaired) electrons. The van der Waals surface area contributed by atoms with E-state index in [1.54, 1.807) is 6.07 Å². The monoisotopic (exact) mass is 435 g/mol. The zero-order valence-corrected chi connectivity index (χ0v) is 20.0. The number of hydrogen-bond donors (Lipinski definition) is 1. The lowest BCUT2D eigenvalue weighted by Crippen LogP contribution is -2.35. The van der Waals surface area contributed by atoms with E-state index in [0.717, 1.165) is 43.1 Å². The van der Waals surface area contributed by atoms with Gasteiger partial charge in [-0.2, -0.15) is 0 Å². The topological polar surface area (TPSA) is 39.1 Å². The van der Waals surface area contributed by atoms with E-state index < -0.39 is 0 Å². The van der Waals surface area contributed by atoms with E-state index in [1.165, 1.54) is 57.3 Å². The van der Waals surface area contributed by atoms with Gasteiger partial charge in [0.2, 0.25) is 0 Å². The number of hydrogen-bond acceptors (Lipinski definition) is 4. The lowest BCUT2D eigenvalue weighted by Gasteiger charge is -2.32. The molecular formula is C28H41N3O. The Labute approximate surface area is 195 Å². The molecule has 3 rings (SSSR count). The van der Waals surface area contributed by atoms with Crippen LogP contribution in [0, 0.1) is 5.92 Å². The maximum absolute atomic E-state index is 10.3. The SMILES string of the molecule is CN(C)CC/N=C(\CCCCCN1CCC(Cc2ccccc2)CC1)c1ccccc1O. The number of benzene rings is 2. The normalized spacial score (nSPS) is 16.0. The average molecular weight is 436 g/mol. The van der Waals surface area contributed by atoms with E-state index in [9.17, 15) is 5.11 Å². The van der Waals surface area contributed by atoms with Gasteiger partial charge in [0.1, 0.15) is 5.75 Å². The molecule has 2 aromatic carbocycles. The third-order valence-electron chi connectivity index (χ3n) is 6.53. The molecule has 1 N–H and O–H groups in total. The zero-order chi connectivity index (χ0) is 22.6. The Morgan fingerprint density at radius 3 is 2.41 bits per heavy atom. The van der Waals surface area contributed by atoms with E-state index in [2.05, 4.69) is 54.2 Å². The fourth-order valence-electron chi connectivity index (χ4n) is 4.57. The van der Waals surface area contributed by atoms with Gasteiger partial charge < -0.3 is 14.9 Å². The summed E-state index contributed by atoms with van der Waals surface area (Å²) in [7, 11) is 4.14. The average Bonchev–Trinajstić information content (AvgIpc) is 2.80. The van der Waals surface area contributed by atoms with Gasteiger partial charge in [-0.15, -0.1) is 0 Å². The van der Waals surface area contributed by atoms with Crippen LogP contribution in [0.5, 0.6) is 5.75 Å². The first-order valence-electron chi connectivity index (χ1n) is 12.3. The molecule has 0 unspecified atom stereocenters. The van der Waals surface area contributed by atoms with Crippen LogP contribution in [0.3, 0.4) is 0 Å². The second-order valence-electron chi connectivity index (χ2n) is 9.43. The van der Waals surface area contributed by atoms with Gasteiger partial charge in [-0.3, -0.25) is 4.99 Å². The largest absolute Gasteiger partial charge is 0.507 e. The van der Waals surface area contributed by atoms with Crippen LogP contribution in [0.1, 0.15) is 49.7 Å². The fourth-order valence-corrected chi connectivity index (χ4v) is 4.57. The van der Waals surface area contributed by atoms with Crippen molar-refractivity contribution in [3.8, 4) is 5.75 Å². The van der Waals surface area contributed by atoms with Crippen molar-refractivity contribution in [1.82, 2.24) is 9.80 Å². The molecule has 4 nitrogen and oxygen atoms in total. The highest BCUT2D eigenvalue weighted by Crippen LogP contribution is 2.23. The summed E-state index contributed by atoms with van der Waals surface area (Å²) in [6.07, 6.45) is 8.40. The zero-order valence-electron chi connectivity index (χ0n) is 20.0. The molecule has 1 aliphatic heterocycles. The number of unbranched alkanes of at least 4 members (excludes halogenated alkanes) is 2. The molecule has 0 aromatic heterocycles. The number of likely N-dealkylation sites (N-methyl/N-ethyl adjacent to an activating group) is 1. The quantitative estimate of drug-likeness (QED) is 0.365. The Hall–Kier alpha value is -2.17. The van der Waals surface area contributed by atoms with Gasteiger partial charge in [-0.05, 0) is 95.9 Å². The van der Waals surface area contributed by atoms with Crippen LogP contribution < -0.4 is 0 Å². The number of phenolic OH excluding ortho intramolecular Hbond substituents is 1. The van der Waals surface area contributed by atoms with Gasteiger partial charge in [0, 0.05) is 17.8 Å². The molecule has 0 amide bonds. The summed E-state index contributed by atoms with van der Waals surface area (Å²) >= 11 is 0. The van der Waals surface area contributed by atoms with Crippen LogP contribution in [0.25, 0.3) is 0 Å². The highest BCUT2D eigenvalue weighted by atomic mass is 16.3. The highest BCUT2D eigenvalue weighted by molar-refractivity contribution is 6.02. The number of rotatable bonds is 12. The summed E-state index contributed by atoms with van der Waals surface area (Å²) in [5.41, 5.74) is 3.43. The van der Waals surface area contributed by atoms with Crippen molar-refractivity contribution in [3.05, 3.63) is 65.7 Å². The van der Waals surface area contributed by atoms with Gasteiger partial charge in [-0.1, -0.05) is 48.9 Å². The minimum Gasteiger partial charge on any atom is -0.507 e. The minimum absolute atomic E-state index is 0.342. The molecule has 0 spiro atoms. The molecular weight excluding hydrogens is 394 g/mol. The Balaban J connectivity index is 1.36. The maximum Gasteiger partial charge on any atom is 0.124 e. The molecule has 1 fully saturated rings. The molecule has 2 aromatic rings. The van der Waals surface area contributed by atoms with Gasteiger partial charge in [0.05, 0.1) is 6.54 Å². The van der Waals surface area contributed by atoms with Crippen molar-refractivity contribution in [2.75, 3.05) is 46.8 Å². The lowest BCUT2D eigenvalue weighted by molar-refractivity contribution is 0.181. The predicted molar refractivity (Wildman–Crippen MR) is 136 cm³/mol. The number of likely N-dealkylation sites (tertiary alicyclic amines) is 1. The Kier molecular flexibility index (Phi) is 10.2. The van der Waals surface area contributed by atoms with Gasteiger partial charge in [-0.25, -0.2) is 0 Å². The van der Waals surface area contributed by atoms with E-state index in [-0.39, 0.29) is 0 Å². The maximum atomic E-state index is 10.3. The fraction of sp³-hybridized carbons (Fsp3) is 0.536. The summed E-state index contributed by atoms with van der Waals surface area (Å²) < 4.78 is 0. The summed E-state index contributed by atoms with van der Waals surface area (Å²) in [5.74, 6) is 1.18. The Bertz CT molecular complexity index is 810. The number of aliphatic imine (C=N–C) groups is 1. The molecule has 32 heavy (non-hydrogen) atoms. The van der Waals surface area contributed by atoms with E-state index in [1.807, 2.05) is 18.2 Å². The van der Waals surface area contributed by atoms with Crippen LogP contribution >= 0.6 is 0 Å². The summed E-state index contributed by atoms with van der Waals surface area (Å²) in [5, 5.41) is 10.3. The highest BCUT2D eigenvalue weighted by Gasteiger charge is 2.19. The van der Waals surface area contributed by atoms with Crippen LogP contribution in [-0.4, -0.2) is 67.4 Å². The number of aromatic hydroxyl groups is 1. The smallest absolute Gasteiger partial charge is 0.124 e. The second-order valence-corrected chi connectivity index (χ2v) is 9.43. The van der Waals surface area contributed by atoms with Crippen molar-refractivity contribution >= 4 is 5.71 Å². The summed E-state index contributed by atoms with van der Waals surface area (Å²) in [6, 6.07) is 18.6. The van der Waals surface area contributed by atoms with Crippen molar-refractivity contribution in [2.45, 2.75) is 44.9 Å². The summed E-state index contributed by atoms with van der Waals surface area (Å²) in [4.78, 5) is 9.63. The van der Waals surface area contributed by atoms with Crippen molar-refractivity contribution in [2.24, 2.45) is 10.9 Å². The van der Waals surface area contributed by atoms with Crippen LogP contribution in [0.4, 0.5) is 0 Å². The number of para-hydroxylation sites is 1. The molecule has 174 valence electrons. The third kappa shape index (κ3) is 8.40. The molecule has 0 aliphatic carbocycles. The Morgan fingerprint density at radius 2 is 1.69 bits per heavy atom. The third-order valence-corrected chi connectivity index (χ3v) is 6.53. The second kappa shape index (κ2) is 13.4. The van der Waals surface area contributed by atoms with E-state index >= 15 is 0 Å². The van der Waals surface area contributed by atoms with E-state index in [0.29, 0.717) is 5.75 Å². The lowest BCUT2D eigenvalue weighted by atomic mass is 9.90. The number of piperidine rings is 1. The van der Waals surface area contributed by atoms with Gasteiger partial charge >= 0.3 is 0 Å². The first-order chi connectivity index (χ1) is 15.6. The van der Waals surface area contributed by atoms with Crippen molar-refractivity contribution in [3.63, 3.8) is 0 Å². The van der Waals surface area contributed by atoms with Gasteiger partial charge in [0.15, 0.2) is 0 Å². The van der Waals surface area contributed by atoms with Crippen molar-refractivity contribution in [1.29, 1.82) is 0 Å². The van der Waals surface area contributed by atoms with E-state index in [4.69, 9.17) is 4.99 Å². The first-order valence-corrected chi connectivity index (χ1v) is 12.3. The number of nitrogens with zero attached hydrogens (tertiary/aromatic N) is 3. The predicted octanol–water partition coefficient (Wildman–Crippen LogP) is 5.26. The number of phenols is 1. The molecule has 0 bridgehead atoms. The molecule has 4 heteroatoms. The van der Waals surface area contributed by atoms with Gasteiger partial charge in [0.25, 0.3) is 0 Å². The van der Waals surface area contributed by atoms with Crippen molar-refractivity contribution < 1.29 is 5.11 Å². The minimum atomic E-state index is 0.342. The van der Waals surface area contributed by atoms with Crippen LogP contribution in [0.2, 0.25) is 0 Å². The standard InChI is InChI=1S/C28H41N3O/c1-30(2)22-18-29-27(26-13-8-9-15-28(26)32)14-7-4-10-19-31-20-16-25(17-21-31)23-24-11-5-3-6-12-24/h3,5-6,8-9,11-13,15,25,32H,4,7,10,14,16-23H2,1-2H3/b29-27+. The molecule has 0 saturated carbocycles.